The third-order valence-electron chi connectivity index (χ3n) is 1.61. The molecule has 0 aromatic carbocycles. The summed E-state index contributed by atoms with van der Waals surface area (Å²) in [5.74, 6) is 0.0191. The molecule has 0 saturated heterocycles. The minimum atomic E-state index is -0.304. The Morgan fingerprint density at radius 1 is 1.54 bits per heavy atom. The SMILES string of the molecule is CN(C)CCNc1ncccc1F. The lowest BCUT2D eigenvalue weighted by Crippen LogP contribution is -2.21. The highest BCUT2D eigenvalue weighted by Crippen LogP contribution is 2.07. The first-order valence-corrected chi connectivity index (χ1v) is 4.19. The lowest BCUT2D eigenvalue weighted by molar-refractivity contribution is 0.424. The summed E-state index contributed by atoms with van der Waals surface area (Å²) in [6.07, 6.45) is 1.57. The fourth-order valence-corrected chi connectivity index (χ4v) is 0.914. The van der Waals surface area contributed by atoms with Crippen LogP contribution in [0.25, 0.3) is 0 Å². The number of pyridine rings is 1. The molecule has 0 spiro atoms. The van der Waals surface area contributed by atoms with Crippen LogP contribution < -0.4 is 5.32 Å². The fraction of sp³-hybridized carbons (Fsp3) is 0.444. The van der Waals surface area contributed by atoms with Crippen molar-refractivity contribution in [2.75, 3.05) is 32.5 Å². The average molecular weight is 183 g/mol. The van der Waals surface area contributed by atoms with Crippen LogP contribution in [-0.4, -0.2) is 37.1 Å². The predicted molar refractivity (Wildman–Crippen MR) is 51.2 cm³/mol. The Hall–Kier alpha value is -1.16. The first-order chi connectivity index (χ1) is 6.20. The van der Waals surface area contributed by atoms with E-state index in [2.05, 4.69) is 10.3 Å². The minimum absolute atomic E-state index is 0.304. The van der Waals surface area contributed by atoms with Crippen LogP contribution in [0, 0.1) is 5.82 Å². The van der Waals surface area contributed by atoms with Crippen molar-refractivity contribution >= 4 is 5.82 Å². The number of nitrogens with one attached hydrogen (secondary N) is 1. The summed E-state index contributed by atoms with van der Waals surface area (Å²) in [4.78, 5) is 5.89. The van der Waals surface area contributed by atoms with E-state index in [0.29, 0.717) is 12.4 Å². The van der Waals surface area contributed by atoms with E-state index in [1.54, 1.807) is 12.3 Å². The maximum atomic E-state index is 13.0. The van der Waals surface area contributed by atoms with Crippen molar-refractivity contribution in [2.45, 2.75) is 0 Å². The fourth-order valence-electron chi connectivity index (χ4n) is 0.914. The molecule has 1 heterocycles. The van der Waals surface area contributed by atoms with Gasteiger partial charge in [0.15, 0.2) is 11.6 Å². The van der Waals surface area contributed by atoms with Crippen molar-refractivity contribution in [1.29, 1.82) is 0 Å². The standard InChI is InChI=1S/C9H14FN3/c1-13(2)7-6-12-9-8(10)4-3-5-11-9/h3-5H,6-7H2,1-2H3,(H,11,12). The van der Waals surface area contributed by atoms with Crippen molar-refractivity contribution < 1.29 is 4.39 Å². The van der Waals surface area contributed by atoms with Crippen LogP contribution in [0.3, 0.4) is 0 Å². The highest BCUT2D eigenvalue weighted by atomic mass is 19.1. The van der Waals surface area contributed by atoms with E-state index in [9.17, 15) is 4.39 Å². The zero-order valence-corrected chi connectivity index (χ0v) is 7.92. The molecule has 0 aliphatic rings. The predicted octanol–water partition coefficient (Wildman–Crippen LogP) is 1.19. The largest absolute Gasteiger partial charge is 0.366 e. The summed E-state index contributed by atoms with van der Waals surface area (Å²) >= 11 is 0. The molecule has 0 aliphatic heterocycles. The minimum Gasteiger partial charge on any atom is -0.366 e. The van der Waals surface area contributed by atoms with Crippen molar-refractivity contribution in [3.8, 4) is 0 Å². The number of rotatable bonds is 4. The van der Waals surface area contributed by atoms with Crippen molar-refractivity contribution in [3.63, 3.8) is 0 Å². The van der Waals surface area contributed by atoms with Gasteiger partial charge in [-0.15, -0.1) is 0 Å². The summed E-state index contributed by atoms with van der Waals surface area (Å²) in [5, 5.41) is 2.92. The smallest absolute Gasteiger partial charge is 0.165 e. The van der Waals surface area contributed by atoms with Crippen molar-refractivity contribution in [1.82, 2.24) is 9.88 Å². The summed E-state index contributed by atoms with van der Waals surface area (Å²) in [6.45, 7) is 1.55. The molecule has 0 bridgehead atoms. The van der Waals surface area contributed by atoms with Crippen molar-refractivity contribution in [2.24, 2.45) is 0 Å². The lowest BCUT2D eigenvalue weighted by atomic mass is 10.4. The number of anilines is 1. The van der Waals surface area contributed by atoms with Crippen molar-refractivity contribution in [3.05, 3.63) is 24.1 Å². The van der Waals surface area contributed by atoms with Gasteiger partial charge in [0.1, 0.15) is 0 Å². The van der Waals surface area contributed by atoms with Crippen LogP contribution in [0.1, 0.15) is 0 Å². The number of nitrogens with zero attached hydrogens (tertiary/aromatic N) is 2. The molecule has 0 aliphatic carbocycles. The number of likely N-dealkylation sites (N-methyl/N-ethyl adjacent to an activating group) is 1. The third-order valence-corrected chi connectivity index (χ3v) is 1.61. The van der Waals surface area contributed by atoms with E-state index in [4.69, 9.17) is 0 Å². The van der Waals surface area contributed by atoms with Gasteiger partial charge < -0.3 is 10.2 Å². The molecule has 3 nitrogen and oxygen atoms in total. The second kappa shape index (κ2) is 4.77. The topological polar surface area (TPSA) is 28.2 Å². The summed E-state index contributed by atoms with van der Waals surface area (Å²) < 4.78 is 13.0. The molecule has 1 aromatic heterocycles. The third kappa shape index (κ3) is 3.38. The lowest BCUT2D eigenvalue weighted by Gasteiger charge is -2.10. The molecule has 0 amide bonds. The number of aromatic nitrogens is 1. The van der Waals surface area contributed by atoms with Gasteiger partial charge in [-0.1, -0.05) is 0 Å². The average Bonchev–Trinajstić information content (AvgIpc) is 2.08. The zero-order valence-electron chi connectivity index (χ0n) is 7.92. The summed E-state index contributed by atoms with van der Waals surface area (Å²) in [6, 6.07) is 2.97. The molecule has 72 valence electrons. The van der Waals surface area contributed by atoms with E-state index in [0.717, 1.165) is 6.54 Å². The second-order valence-electron chi connectivity index (χ2n) is 3.06. The Morgan fingerprint density at radius 3 is 2.92 bits per heavy atom. The van der Waals surface area contributed by atoms with Gasteiger partial charge in [0.2, 0.25) is 0 Å². The van der Waals surface area contributed by atoms with E-state index in [-0.39, 0.29) is 5.82 Å². The quantitative estimate of drug-likeness (QED) is 0.760. The Balaban J connectivity index is 2.41. The molecule has 1 aromatic rings. The monoisotopic (exact) mass is 183 g/mol. The molecule has 0 saturated carbocycles. The van der Waals surface area contributed by atoms with Crippen LogP contribution >= 0.6 is 0 Å². The van der Waals surface area contributed by atoms with Crippen LogP contribution in [0.2, 0.25) is 0 Å². The number of hydrogen-bond acceptors (Lipinski definition) is 3. The van der Waals surface area contributed by atoms with Crippen LogP contribution in [0.4, 0.5) is 10.2 Å². The highest BCUT2D eigenvalue weighted by molar-refractivity contribution is 5.35. The maximum Gasteiger partial charge on any atom is 0.165 e. The van der Waals surface area contributed by atoms with E-state index >= 15 is 0 Å². The van der Waals surface area contributed by atoms with Gasteiger partial charge in [0, 0.05) is 19.3 Å². The maximum absolute atomic E-state index is 13.0. The van der Waals surface area contributed by atoms with Crippen LogP contribution in [0.5, 0.6) is 0 Å². The van der Waals surface area contributed by atoms with Gasteiger partial charge in [-0.2, -0.15) is 0 Å². The first kappa shape index (κ1) is 9.92. The highest BCUT2D eigenvalue weighted by Gasteiger charge is 1.99. The second-order valence-corrected chi connectivity index (χ2v) is 3.06. The van der Waals surface area contributed by atoms with Gasteiger partial charge >= 0.3 is 0 Å². The molecule has 13 heavy (non-hydrogen) atoms. The number of hydrogen-bond donors (Lipinski definition) is 1. The first-order valence-electron chi connectivity index (χ1n) is 4.19. The van der Waals surface area contributed by atoms with Gasteiger partial charge in [-0.3, -0.25) is 0 Å². The Labute approximate surface area is 77.6 Å². The summed E-state index contributed by atoms with van der Waals surface area (Å²) in [7, 11) is 3.94. The van der Waals surface area contributed by atoms with Crippen LogP contribution in [-0.2, 0) is 0 Å². The van der Waals surface area contributed by atoms with E-state index in [1.807, 2.05) is 19.0 Å². The molecule has 1 rings (SSSR count). The molecular formula is C9H14FN3. The Morgan fingerprint density at radius 2 is 2.31 bits per heavy atom. The molecule has 0 unspecified atom stereocenters. The zero-order chi connectivity index (χ0) is 9.68. The normalized spacial score (nSPS) is 10.5. The molecular weight excluding hydrogens is 169 g/mol. The van der Waals surface area contributed by atoms with Gasteiger partial charge in [0.05, 0.1) is 0 Å². The van der Waals surface area contributed by atoms with Gasteiger partial charge in [-0.05, 0) is 26.2 Å². The van der Waals surface area contributed by atoms with E-state index < -0.39 is 0 Å². The Kier molecular flexibility index (Phi) is 3.64. The molecule has 0 atom stereocenters. The summed E-state index contributed by atoms with van der Waals surface area (Å²) in [5.41, 5.74) is 0. The molecule has 1 N–H and O–H groups in total. The van der Waals surface area contributed by atoms with Gasteiger partial charge in [-0.25, -0.2) is 9.37 Å². The van der Waals surface area contributed by atoms with Crippen LogP contribution in [0.15, 0.2) is 18.3 Å². The molecule has 4 heteroatoms. The molecule has 0 radical (unpaired) electrons. The molecule has 0 fully saturated rings. The van der Waals surface area contributed by atoms with E-state index in [1.165, 1.54) is 6.07 Å². The Bertz CT molecular complexity index is 263. The number of halogens is 1. The van der Waals surface area contributed by atoms with Gasteiger partial charge in [0.25, 0.3) is 0 Å².